The van der Waals surface area contributed by atoms with Crippen LogP contribution in [0.4, 0.5) is 0 Å². The Labute approximate surface area is 251 Å². The van der Waals surface area contributed by atoms with E-state index in [1.807, 2.05) is 128 Å². The van der Waals surface area contributed by atoms with Gasteiger partial charge in [0, 0.05) is 12.7 Å². The predicted octanol–water partition coefficient (Wildman–Crippen LogP) is 5.59. The average Bonchev–Trinajstić information content (AvgIpc) is 3.29. The zero-order valence-electron chi connectivity index (χ0n) is 26.2. The largest absolute Gasteiger partial charge is 0.494 e. The molecule has 3 aromatic carbocycles. The van der Waals surface area contributed by atoms with Gasteiger partial charge in [0.15, 0.2) is 0 Å². The molecule has 0 aliphatic carbocycles. The smallest absolute Gasteiger partial charge is 0.451 e. The summed E-state index contributed by atoms with van der Waals surface area (Å²) in [6.07, 6.45) is -0.688. The van der Waals surface area contributed by atoms with Crippen molar-refractivity contribution in [3.63, 3.8) is 0 Å². The van der Waals surface area contributed by atoms with Gasteiger partial charge < -0.3 is 32.8 Å². The minimum atomic E-state index is -0.688. The molecule has 0 radical (unpaired) electrons. The highest BCUT2D eigenvalue weighted by Gasteiger charge is 2.52. The van der Waals surface area contributed by atoms with Gasteiger partial charge in [-0.25, -0.2) is 0 Å². The van der Waals surface area contributed by atoms with E-state index in [4.69, 9.17) is 32.8 Å². The number of hydrogen-bond acceptors (Lipinski definition) is 7. The lowest BCUT2D eigenvalue weighted by Crippen LogP contribution is -2.41. The van der Waals surface area contributed by atoms with Crippen molar-refractivity contribution in [3.8, 4) is 11.5 Å². The summed E-state index contributed by atoms with van der Waals surface area (Å²) in [5, 5.41) is 0. The molecule has 0 spiro atoms. The van der Waals surface area contributed by atoms with E-state index in [2.05, 4.69) is 0 Å². The highest BCUT2D eigenvalue weighted by molar-refractivity contribution is 6.62. The molecule has 2 heterocycles. The van der Waals surface area contributed by atoms with Crippen molar-refractivity contribution < 1.29 is 32.8 Å². The third kappa shape index (κ3) is 6.26. The van der Waals surface area contributed by atoms with Crippen molar-refractivity contribution >= 4 is 25.2 Å². The van der Waals surface area contributed by atoms with Crippen molar-refractivity contribution in [1.29, 1.82) is 0 Å². The van der Waals surface area contributed by atoms with E-state index in [-0.39, 0.29) is 0 Å². The lowest BCUT2D eigenvalue weighted by atomic mass is 9.79. The number of rotatable bonds is 9. The van der Waals surface area contributed by atoms with Crippen LogP contribution in [0.3, 0.4) is 0 Å². The molecule has 0 unspecified atom stereocenters. The van der Waals surface area contributed by atoms with Crippen LogP contribution in [0.2, 0.25) is 0 Å². The topological polar surface area (TPSA) is 64.6 Å². The summed E-state index contributed by atoms with van der Waals surface area (Å²) in [4.78, 5) is 0. The van der Waals surface area contributed by atoms with Crippen LogP contribution in [0.5, 0.6) is 11.5 Å². The molecule has 0 bridgehead atoms. The lowest BCUT2D eigenvalue weighted by molar-refractivity contribution is 0.00381. The van der Waals surface area contributed by atoms with Gasteiger partial charge in [0.05, 0.1) is 29.0 Å². The minimum Gasteiger partial charge on any atom is -0.451 e. The molecule has 9 heteroatoms. The molecule has 42 heavy (non-hydrogen) atoms. The molecule has 7 nitrogen and oxygen atoms in total. The summed E-state index contributed by atoms with van der Waals surface area (Å²) < 4.78 is 42.9. The average molecular weight is 572 g/mol. The molecular weight excluding hydrogens is 530 g/mol. The second-order valence-electron chi connectivity index (χ2n) is 13.1. The maximum Gasteiger partial charge on any atom is 0.494 e. The maximum atomic E-state index is 6.40. The molecule has 0 amide bonds. The van der Waals surface area contributed by atoms with Crippen molar-refractivity contribution in [3.05, 3.63) is 83.9 Å². The molecule has 2 aliphatic heterocycles. The van der Waals surface area contributed by atoms with Crippen LogP contribution in [0, 0.1) is 0 Å². The summed E-state index contributed by atoms with van der Waals surface area (Å²) in [5.74, 6) is 1.32. The molecule has 0 saturated carbocycles. The molecule has 0 atom stereocenters. The Morgan fingerprint density at radius 2 is 0.905 bits per heavy atom. The zero-order valence-corrected chi connectivity index (χ0v) is 26.2. The Balaban J connectivity index is 1.33. The van der Waals surface area contributed by atoms with E-state index in [0.29, 0.717) is 18.1 Å². The van der Waals surface area contributed by atoms with Crippen LogP contribution in [-0.4, -0.2) is 43.8 Å². The van der Waals surface area contributed by atoms with Crippen molar-refractivity contribution in [1.82, 2.24) is 0 Å². The molecule has 0 aromatic heterocycles. The SMILES string of the molecule is COCc1ccc(C(Oc2ccc(B3OC(C)(C)C(C)(C)O3)cc2)Oc2ccc(B3OC(C)(C)C(C)(C)O3)cc2)cc1. The Kier molecular flexibility index (Phi) is 8.29. The van der Waals surface area contributed by atoms with Crippen LogP contribution in [0.1, 0.15) is 72.8 Å². The van der Waals surface area contributed by atoms with Gasteiger partial charge in [0.25, 0.3) is 6.29 Å². The van der Waals surface area contributed by atoms with Crippen LogP contribution in [0.25, 0.3) is 0 Å². The highest BCUT2D eigenvalue weighted by Crippen LogP contribution is 2.38. The maximum absolute atomic E-state index is 6.40. The molecule has 0 N–H and O–H groups in total. The normalized spacial score (nSPS) is 20.2. The van der Waals surface area contributed by atoms with Gasteiger partial charge in [-0.15, -0.1) is 0 Å². The summed E-state index contributed by atoms with van der Waals surface area (Å²) in [6, 6.07) is 23.6. The quantitative estimate of drug-likeness (QED) is 0.245. The molecule has 2 aliphatic rings. The third-order valence-corrected chi connectivity index (χ3v) is 8.86. The molecule has 2 saturated heterocycles. The second kappa shape index (κ2) is 11.4. The first kappa shape index (κ1) is 30.6. The zero-order chi connectivity index (χ0) is 30.3. The van der Waals surface area contributed by atoms with E-state index >= 15 is 0 Å². The first-order valence-corrected chi connectivity index (χ1v) is 14.5. The Hall–Kier alpha value is -2.81. The molecular formula is C33H42B2O7. The van der Waals surface area contributed by atoms with E-state index in [1.54, 1.807) is 7.11 Å². The standard InChI is InChI=1S/C33H42B2O7/c1-30(2)31(3,4)40-34(39-30)25-14-18-27(19-15-25)37-29(24-12-10-23(11-13-24)22-36-9)38-28-20-16-26(17-21-28)35-41-32(5,6)33(7,8)42-35/h10-21,29H,22H2,1-9H3. The Morgan fingerprint density at radius 3 is 1.24 bits per heavy atom. The summed E-state index contributed by atoms with van der Waals surface area (Å²) in [6.45, 7) is 16.9. The van der Waals surface area contributed by atoms with E-state index in [9.17, 15) is 0 Å². The first-order valence-electron chi connectivity index (χ1n) is 14.5. The number of methoxy groups -OCH3 is 1. The van der Waals surface area contributed by atoms with E-state index in [0.717, 1.165) is 22.1 Å². The molecule has 2 fully saturated rings. The molecule has 3 aromatic rings. The predicted molar refractivity (Wildman–Crippen MR) is 165 cm³/mol. The van der Waals surface area contributed by atoms with Gasteiger partial charge in [-0.1, -0.05) is 48.5 Å². The van der Waals surface area contributed by atoms with Crippen LogP contribution < -0.4 is 20.4 Å². The highest BCUT2D eigenvalue weighted by atomic mass is 16.7. The minimum absolute atomic E-state index is 0.404. The van der Waals surface area contributed by atoms with Crippen LogP contribution in [-0.2, 0) is 30.0 Å². The van der Waals surface area contributed by atoms with Crippen LogP contribution >= 0.6 is 0 Å². The summed E-state index contributed by atoms with van der Waals surface area (Å²) in [5.41, 5.74) is 2.19. The monoisotopic (exact) mass is 572 g/mol. The van der Waals surface area contributed by atoms with Crippen molar-refractivity contribution in [2.24, 2.45) is 0 Å². The van der Waals surface area contributed by atoms with Crippen molar-refractivity contribution in [2.45, 2.75) is 90.7 Å². The Bertz CT molecular complexity index is 1240. The number of benzene rings is 3. The Morgan fingerprint density at radius 1 is 0.548 bits per heavy atom. The second-order valence-corrected chi connectivity index (χ2v) is 13.1. The fraction of sp³-hybridized carbons (Fsp3) is 0.455. The van der Waals surface area contributed by atoms with Gasteiger partial charge in [-0.3, -0.25) is 0 Å². The van der Waals surface area contributed by atoms with E-state index < -0.39 is 42.9 Å². The summed E-state index contributed by atoms with van der Waals surface area (Å²) in [7, 11) is 0.808. The molecule has 222 valence electrons. The fourth-order valence-corrected chi connectivity index (χ4v) is 4.71. The fourth-order valence-electron chi connectivity index (χ4n) is 4.71. The van der Waals surface area contributed by atoms with Gasteiger partial charge in [-0.05, 0) is 96.1 Å². The number of ether oxygens (including phenoxy) is 3. The van der Waals surface area contributed by atoms with Gasteiger partial charge in [-0.2, -0.15) is 0 Å². The number of hydrogen-bond donors (Lipinski definition) is 0. The van der Waals surface area contributed by atoms with Gasteiger partial charge in [0.2, 0.25) is 0 Å². The van der Waals surface area contributed by atoms with Crippen LogP contribution in [0.15, 0.2) is 72.8 Å². The lowest BCUT2D eigenvalue weighted by Gasteiger charge is -2.32. The first-order chi connectivity index (χ1) is 19.7. The molecule has 5 rings (SSSR count). The van der Waals surface area contributed by atoms with Crippen molar-refractivity contribution in [2.75, 3.05) is 7.11 Å². The third-order valence-electron chi connectivity index (χ3n) is 8.86. The van der Waals surface area contributed by atoms with E-state index in [1.165, 1.54) is 0 Å². The summed E-state index contributed by atoms with van der Waals surface area (Å²) >= 11 is 0. The van der Waals surface area contributed by atoms with Gasteiger partial charge >= 0.3 is 14.2 Å². The van der Waals surface area contributed by atoms with Gasteiger partial charge in [0.1, 0.15) is 11.5 Å².